The smallest absolute Gasteiger partial charge is 0.319 e. The van der Waals surface area contributed by atoms with Gasteiger partial charge in [0.05, 0.1) is 6.61 Å². The Bertz CT molecular complexity index is 310. The lowest BCUT2D eigenvalue weighted by Gasteiger charge is -2.07. The molecule has 5 nitrogen and oxygen atoms in total. The monoisotopic (exact) mass is 279 g/mol. The van der Waals surface area contributed by atoms with Gasteiger partial charge in [-0.2, -0.15) is 0 Å². The fraction of sp³-hybridized carbons (Fsp3) is 0.917. The summed E-state index contributed by atoms with van der Waals surface area (Å²) in [5.74, 6) is -2.02. The summed E-state index contributed by atoms with van der Waals surface area (Å²) < 4.78 is 35.4. The highest BCUT2D eigenvalue weighted by Crippen LogP contribution is 2.08. The molecular weight excluding hydrogens is 256 g/mol. The van der Waals surface area contributed by atoms with Crippen LogP contribution >= 0.6 is 0 Å². The van der Waals surface area contributed by atoms with Crippen LogP contribution in [0.3, 0.4) is 0 Å². The number of hydrogen-bond donors (Lipinski definition) is 0. The van der Waals surface area contributed by atoms with E-state index in [-0.39, 0.29) is 6.61 Å². The molecule has 0 radical (unpaired) electrons. The van der Waals surface area contributed by atoms with Crippen molar-refractivity contribution in [3.63, 3.8) is 0 Å². The molecule has 0 aromatic rings. The summed E-state index contributed by atoms with van der Waals surface area (Å²) in [5, 5.41) is 0. The highest BCUT2D eigenvalue weighted by atomic mass is 32.2. The third kappa shape index (κ3) is 13.4. The Morgan fingerprint density at radius 1 is 1.00 bits per heavy atom. The zero-order chi connectivity index (χ0) is 13.9. The van der Waals surface area contributed by atoms with Gasteiger partial charge in [0.15, 0.2) is 0 Å². The number of hydrogen-bond acceptors (Lipinski definition) is 5. The third-order valence-electron chi connectivity index (χ3n) is 2.56. The summed E-state index contributed by atoms with van der Waals surface area (Å²) in [6, 6.07) is 0. The van der Waals surface area contributed by atoms with Crippen molar-refractivity contribution in [3.8, 4) is 0 Å². The maximum Gasteiger partial charge on any atom is 0.319 e. The third-order valence-corrected chi connectivity index (χ3v) is 3.14. The lowest BCUT2D eigenvalue weighted by molar-refractivity contribution is -0.140. The average Bonchev–Trinajstić information content (AvgIpc) is 2.24. The molecule has 0 aliphatic rings. The summed E-state index contributed by atoms with van der Waals surface area (Å²) in [7, 11) is -4.51. The SMILES string of the molecule is CCCCCCCCCCOC(=O)CS(=O)(=O)[O-]. The average molecular weight is 279 g/mol. The second kappa shape index (κ2) is 10.3. The first-order valence-corrected chi connectivity index (χ1v) is 8.12. The van der Waals surface area contributed by atoms with Gasteiger partial charge in [-0.05, 0) is 6.42 Å². The molecule has 18 heavy (non-hydrogen) atoms. The molecule has 0 spiro atoms. The van der Waals surface area contributed by atoms with Crippen molar-refractivity contribution in [2.75, 3.05) is 12.4 Å². The number of rotatable bonds is 11. The van der Waals surface area contributed by atoms with Gasteiger partial charge in [0.2, 0.25) is 0 Å². The molecule has 6 heteroatoms. The van der Waals surface area contributed by atoms with Gasteiger partial charge in [-0.3, -0.25) is 4.79 Å². The van der Waals surface area contributed by atoms with E-state index in [9.17, 15) is 17.8 Å². The zero-order valence-corrected chi connectivity index (χ0v) is 11.8. The molecule has 0 saturated heterocycles. The van der Waals surface area contributed by atoms with Crippen LogP contribution in [0.4, 0.5) is 0 Å². The van der Waals surface area contributed by atoms with Crippen molar-refractivity contribution in [3.05, 3.63) is 0 Å². The summed E-state index contributed by atoms with van der Waals surface area (Å²) in [6.45, 7) is 2.37. The maximum atomic E-state index is 10.9. The first-order valence-electron chi connectivity index (χ1n) is 6.55. The topological polar surface area (TPSA) is 83.5 Å². The first kappa shape index (κ1) is 17.4. The van der Waals surface area contributed by atoms with Crippen LogP contribution in [0.15, 0.2) is 0 Å². The van der Waals surface area contributed by atoms with E-state index < -0.39 is 21.8 Å². The fourth-order valence-corrected chi connectivity index (χ4v) is 1.98. The molecule has 0 atom stereocenters. The molecule has 0 aromatic heterocycles. The number of carbonyl (C=O) groups excluding carboxylic acids is 1. The molecular formula is C12H23O5S-. The van der Waals surface area contributed by atoms with E-state index in [1.807, 2.05) is 0 Å². The van der Waals surface area contributed by atoms with Crippen molar-refractivity contribution in [1.82, 2.24) is 0 Å². The molecule has 0 bridgehead atoms. The highest BCUT2D eigenvalue weighted by Gasteiger charge is 2.07. The van der Waals surface area contributed by atoms with E-state index in [1.54, 1.807) is 0 Å². The standard InChI is InChI=1S/C12H24O5S/c1-2-3-4-5-6-7-8-9-10-17-12(13)11-18(14,15)16/h2-11H2,1H3,(H,14,15,16)/p-1. The Kier molecular flexibility index (Phi) is 9.96. The molecule has 108 valence electrons. The van der Waals surface area contributed by atoms with Crippen LogP contribution in [-0.2, 0) is 19.6 Å². The summed E-state index contributed by atoms with van der Waals surface area (Å²) in [5.41, 5.74) is 0. The van der Waals surface area contributed by atoms with Gasteiger partial charge >= 0.3 is 5.97 Å². The number of esters is 1. The summed E-state index contributed by atoms with van der Waals surface area (Å²) in [4.78, 5) is 10.9. The highest BCUT2D eigenvalue weighted by molar-refractivity contribution is 7.86. The molecule has 0 aliphatic carbocycles. The molecule has 0 amide bonds. The van der Waals surface area contributed by atoms with E-state index in [0.717, 1.165) is 19.3 Å². The minimum Gasteiger partial charge on any atom is -0.748 e. The first-order chi connectivity index (χ1) is 8.45. The Morgan fingerprint density at radius 2 is 1.50 bits per heavy atom. The van der Waals surface area contributed by atoms with Crippen LogP contribution in [0.25, 0.3) is 0 Å². The van der Waals surface area contributed by atoms with Crippen molar-refractivity contribution < 1.29 is 22.5 Å². The second-order valence-corrected chi connectivity index (χ2v) is 5.80. The quantitative estimate of drug-likeness (QED) is 0.329. The molecule has 0 fully saturated rings. The second-order valence-electron chi connectivity index (χ2n) is 4.40. The Labute approximate surface area is 110 Å². The van der Waals surface area contributed by atoms with Crippen molar-refractivity contribution in [1.29, 1.82) is 0 Å². The van der Waals surface area contributed by atoms with Crippen LogP contribution in [0.5, 0.6) is 0 Å². The van der Waals surface area contributed by atoms with Gasteiger partial charge in [0, 0.05) is 0 Å². The Hall–Kier alpha value is -0.620. The van der Waals surface area contributed by atoms with E-state index in [0.29, 0.717) is 0 Å². The lowest BCUT2D eigenvalue weighted by Crippen LogP contribution is -2.18. The molecule has 0 aliphatic heterocycles. The molecule has 0 aromatic carbocycles. The van der Waals surface area contributed by atoms with Crippen LogP contribution in [-0.4, -0.2) is 31.3 Å². The minimum absolute atomic E-state index is 0.198. The van der Waals surface area contributed by atoms with E-state index in [4.69, 9.17) is 0 Å². The fourth-order valence-electron chi connectivity index (χ4n) is 1.61. The van der Waals surface area contributed by atoms with Gasteiger partial charge in [-0.25, -0.2) is 8.42 Å². The molecule has 0 heterocycles. The molecule has 0 rings (SSSR count). The Balaban J connectivity index is 3.28. The van der Waals surface area contributed by atoms with Crippen LogP contribution in [0.1, 0.15) is 58.3 Å². The minimum atomic E-state index is -4.51. The van der Waals surface area contributed by atoms with Gasteiger partial charge in [-0.15, -0.1) is 0 Å². The van der Waals surface area contributed by atoms with Gasteiger partial charge in [0.1, 0.15) is 15.9 Å². The summed E-state index contributed by atoms with van der Waals surface area (Å²) in [6.07, 6.45) is 8.99. The zero-order valence-electron chi connectivity index (χ0n) is 11.0. The van der Waals surface area contributed by atoms with Crippen LogP contribution in [0.2, 0.25) is 0 Å². The molecule has 0 unspecified atom stereocenters. The number of carbonyl (C=O) groups is 1. The van der Waals surface area contributed by atoms with Crippen molar-refractivity contribution in [2.45, 2.75) is 58.3 Å². The predicted molar refractivity (Wildman–Crippen MR) is 68.1 cm³/mol. The molecule has 0 N–H and O–H groups in total. The number of ether oxygens (including phenoxy) is 1. The van der Waals surface area contributed by atoms with Gasteiger partial charge < -0.3 is 9.29 Å². The van der Waals surface area contributed by atoms with Gasteiger partial charge in [0.25, 0.3) is 0 Å². The van der Waals surface area contributed by atoms with Crippen LogP contribution < -0.4 is 0 Å². The predicted octanol–water partition coefficient (Wildman–Crippen LogP) is 2.22. The summed E-state index contributed by atoms with van der Waals surface area (Å²) >= 11 is 0. The maximum absolute atomic E-state index is 10.9. The van der Waals surface area contributed by atoms with E-state index >= 15 is 0 Å². The number of unbranched alkanes of at least 4 members (excludes halogenated alkanes) is 7. The van der Waals surface area contributed by atoms with E-state index in [1.165, 1.54) is 32.1 Å². The Morgan fingerprint density at radius 3 is 2.00 bits per heavy atom. The normalized spacial score (nSPS) is 11.4. The largest absolute Gasteiger partial charge is 0.748 e. The van der Waals surface area contributed by atoms with E-state index in [2.05, 4.69) is 11.7 Å². The van der Waals surface area contributed by atoms with Crippen molar-refractivity contribution in [2.24, 2.45) is 0 Å². The van der Waals surface area contributed by atoms with Crippen molar-refractivity contribution >= 4 is 16.1 Å². The lowest BCUT2D eigenvalue weighted by atomic mass is 10.1. The molecule has 0 saturated carbocycles. The van der Waals surface area contributed by atoms with Crippen LogP contribution in [0, 0.1) is 0 Å². The van der Waals surface area contributed by atoms with Gasteiger partial charge in [-0.1, -0.05) is 51.9 Å².